The average Bonchev–Trinajstić information content (AvgIpc) is 2.69. The Hall–Kier alpha value is -2.15. The zero-order chi connectivity index (χ0) is 13.9. The van der Waals surface area contributed by atoms with Gasteiger partial charge in [-0.2, -0.15) is 0 Å². The molecule has 1 nitrogen and oxygen atoms in total. The highest BCUT2D eigenvalue weighted by molar-refractivity contribution is 5.95. The first kappa shape index (κ1) is 11.7. The lowest BCUT2D eigenvalue weighted by molar-refractivity contribution is 0.665. The van der Waals surface area contributed by atoms with Crippen molar-refractivity contribution in [1.82, 2.24) is 4.98 Å². The summed E-state index contributed by atoms with van der Waals surface area (Å²) in [5.74, 6) is 0. The second-order valence-electron chi connectivity index (χ2n) is 6.19. The molecule has 0 fully saturated rings. The summed E-state index contributed by atoms with van der Waals surface area (Å²) in [5.41, 5.74) is 6.61. The van der Waals surface area contributed by atoms with Gasteiger partial charge in [0.05, 0.1) is 5.69 Å². The van der Waals surface area contributed by atoms with Crippen molar-refractivity contribution >= 4 is 10.8 Å². The number of hydrogen-bond acceptors (Lipinski definition) is 1. The highest BCUT2D eigenvalue weighted by Crippen LogP contribution is 2.51. The maximum Gasteiger partial charge on any atom is 0.0755 e. The molecule has 1 aliphatic rings. The first-order valence-electron chi connectivity index (χ1n) is 7.09. The van der Waals surface area contributed by atoms with Gasteiger partial charge in [-0.05, 0) is 29.0 Å². The summed E-state index contributed by atoms with van der Waals surface area (Å²) in [6.07, 6.45) is 2.01. The molecule has 1 heterocycles. The predicted octanol–water partition coefficient (Wildman–Crippen LogP) is 4.85. The maximum atomic E-state index is 4.79. The largest absolute Gasteiger partial charge is 0.255 e. The molecule has 0 aliphatic heterocycles. The summed E-state index contributed by atoms with van der Waals surface area (Å²) in [6.45, 7) is 6.80. The second kappa shape index (κ2) is 3.69. The van der Waals surface area contributed by atoms with E-state index in [9.17, 15) is 0 Å². The van der Waals surface area contributed by atoms with Gasteiger partial charge >= 0.3 is 0 Å². The molecule has 1 aromatic heterocycles. The molecule has 1 aliphatic carbocycles. The number of hydrogen-bond donors (Lipinski definition) is 0. The molecule has 0 N–H and O–H groups in total. The van der Waals surface area contributed by atoms with Crippen molar-refractivity contribution in [2.75, 3.05) is 0 Å². The van der Waals surface area contributed by atoms with Crippen LogP contribution < -0.4 is 0 Å². The van der Waals surface area contributed by atoms with Gasteiger partial charge in [-0.25, -0.2) is 0 Å². The molecule has 1 heteroatoms. The van der Waals surface area contributed by atoms with Gasteiger partial charge in [-0.1, -0.05) is 56.3 Å². The smallest absolute Gasteiger partial charge is 0.0755 e. The van der Waals surface area contributed by atoms with E-state index < -0.39 is 0 Å². The first-order valence-corrected chi connectivity index (χ1v) is 7.09. The minimum Gasteiger partial charge on any atom is -0.255 e. The van der Waals surface area contributed by atoms with Crippen molar-refractivity contribution in [3.8, 4) is 11.3 Å². The number of benzene rings is 2. The van der Waals surface area contributed by atoms with Crippen LogP contribution in [0.5, 0.6) is 0 Å². The van der Waals surface area contributed by atoms with Crippen LogP contribution in [0.1, 0.15) is 30.5 Å². The standard InChI is InChI=1S/C19H17N/c1-12-7-6-10-15-16(12)18-17(19(15,2)3)14-9-5-4-8-13(14)11-20-18/h4-11H,1-3H3. The third-order valence-corrected chi connectivity index (χ3v) is 4.61. The minimum absolute atomic E-state index is 0.0184. The highest BCUT2D eigenvalue weighted by Gasteiger charge is 2.38. The zero-order valence-electron chi connectivity index (χ0n) is 12.1. The summed E-state index contributed by atoms with van der Waals surface area (Å²) in [6, 6.07) is 15.2. The van der Waals surface area contributed by atoms with Gasteiger partial charge < -0.3 is 0 Å². The Morgan fingerprint density at radius 2 is 1.75 bits per heavy atom. The summed E-state index contributed by atoms with van der Waals surface area (Å²) in [4.78, 5) is 4.79. The van der Waals surface area contributed by atoms with Crippen molar-refractivity contribution in [3.63, 3.8) is 0 Å². The van der Waals surface area contributed by atoms with E-state index in [4.69, 9.17) is 4.98 Å². The lowest BCUT2D eigenvalue weighted by Gasteiger charge is -2.22. The Balaban J connectivity index is 2.22. The van der Waals surface area contributed by atoms with Gasteiger partial charge in [0.25, 0.3) is 0 Å². The van der Waals surface area contributed by atoms with Gasteiger partial charge in [0.15, 0.2) is 0 Å². The third kappa shape index (κ3) is 1.30. The van der Waals surface area contributed by atoms with Gasteiger partial charge in [0, 0.05) is 22.6 Å². The number of nitrogens with zero attached hydrogens (tertiary/aromatic N) is 1. The Morgan fingerprint density at radius 3 is 2.60 bits per heavy atom. The van der Waals surface area contributed by atoms with Crippen LogP contribution in [0.15, 0.2) is 48.7 Å². The minimum atomic E-state index is 0.0184. The van der Waals surface area contributed by atoms with Crippen LogP contribution in [0.2, 0.25) is 0 Å². The van der Waals surface area contributed by atoms with E-state index in [2.05, 4.69) is 63.2 Å². The van der Waals surface area contributed by atoms with Crippen molar-refractivity contribution in [2.24, 2.45) is 0 Å². The van der Waals surface area contributed by atoms with Crippen molar-refractivity contribution < 1.29 is 0 Å². The zero-order valence-corrected chi connectivity index (χ0v) is 12.1. The van der Waals surface area contributed by atoms with E-state index in [1.54, 1.807) is 0 Å². The van der Waals surface area contributed by atoms with E-state index in [0.29, 0.717) is 0 Å². The molecule has 20 heavy (non-hydrogen) atoms. The number of aryl methyl sites for hydroxylation is 1. The Kier molecular flexibility index (Phi) is 2.15. The SMILES string of the molecule is Cc1cccc2c1-c1ncc3ccccc3c1C2(C)C. The van der Waals surface area contributed by atoms with Crippen LogP contribution in [-0.2, 0) is 5.41 Å². The molecule has 0 atom stereocenters. The maximum absolute atomic E-state index is 4.79. The Labute approximate surface area is 119 Å². The molecule has 0 radical (unpaired) electrons. The predicted molar refractivity (Wildman–Crippen MR) is 84.0 cm³/mol. The number of pyridine rings is 1. The van der Waals surface area contributed by atoms with Crippen LogP contribution in [0, 0.1) is 6.92 Å². The normalized spacial score (nSPS) is 15.2. The van der Waals surface area contributed by atoms with Gasteiger partial charge in [0.2, 0.25) is 0 Å². The summed E-state index contributed by atoms with van der Waals surface area (Å²) >= 11 is 0. The third-order valence-electron chi connectivity index (χ3n) is 4.61. The first-order chi connectivity index (χ1) is 9.60. The molecule has 2 aromatic carbocycles. The lowest BCUT2D eigenvalue weighted by Crippen LogP contribution is -2.15. The molecule has 0 unspecified atom stereocenters. The molecule has 0 amide bonds. The summed E-state index contributed by atoms with van der Waals surface area (Å²) < 4.78 is 0. The molecule has 0 spiro atoms. The number of aromatic nitrogens is 1. The molecule has 98 valence electrons. The van der Waals surface area contributed by atoms with Crippen molar-refractivity contribution in [1.29, 1.82) is 0 Å². The van der Waals surface area contributed by atoms with E-state index in [1.165, 1.54) is 38.7 Å². The summed E-state index contributed by atoms with van der Waals surface area (Å²) in [5, 5.41) is 2.56. The van der Waals surface area contributed by atoms with E-state index in [0.717, 1.165) is 0 Å². The van der Waals surface area contributed by atoms with Crippen molar-refractivity contribution in [3.05, 3.63) is 65.4 Å². The van der Waals surface area contributed by atoms with E-state index in [1.807, 2.05) is 6.20 Å². The topological polar surface area (TPSA) is 12.9 Å². The highest BCUT2D eigenvalue weighted by atomic mass is 14.7. The van der Waals surface area contributed by atoms with Crippen LogP contribution in [0.3, 0.4) is 0 Å². The van der Waals surface area contributed by atoms with Crippen molar-refractivity contribution in [2.45, 2.75) is 26.2 Å². The Morgan fingerprint density at radius 1 is 0.950 bits per heavy atom. The van der Waals surface area contributed by atoms with Crippen LogP contribution >= 0.6 is 0 Å². The number of fused-ring (bicyclic) bond motifs is 5. The molecule has 0 saturated carbocycles. The fourth-order valence-corrected chi connectivity index (χ4v) is 3.62. The fourth-order valence-electron chi connectivity index (χ4n) is 3.62. The average molecular weight is 259 g/mol. The van der Waals surface area contributed by atoms with E-state index in [-0.39, 0.29) is 5.41 Å². The van der Waals surface area contributed by atoms with Gasteiger partial charge in [0.1, 0.15) is 0 Å². The molecular formula is C19H17N. The fraction of sp³-hybridized carbons (Fsp3) is 0.211. The van der Waals surface area contributed by atoms with Crippen LogP contribution in [0.25, 0.3) is 22.0 Å². The monoisotopic (exact) mass is 259 g/mol. The van der Waals surface area contributed by atoms with Crippen LogP contribution in [-0.4, -0.2) is 4.98 Å². The number of rotatable bonds is 0. The molecule has 0 saturated heterocycles. The molecule has 4 rings (SSSR count). The molecule has 3 aromatic rings. The second-order valence-corrected chi connectivity index (χ2v) is 6.19. The quantitative estimate of drug-likeness (QED) is 0.562. The summed E-state index contributed by atoms with van der Waals surface area (Å²) in [7, 11) is 0. The van der Waals surface area contributed by atoms with E-state index >= 15 is 0 Å². The lowest BCUT2D eigenvalue weighted by atomic mass is 9.80. The van der Waals surface area contributed by atoms with Crippen LogP contribution in [0.4, 0.5) is 0 Å². The van der Waals surface area contributed by atoms with Gasteiger partial charge in [-0.15, -0.1) is 0 Å². The molecule has 0 bridgehead atoms. The van der Waals surface area contributed by atoms with Gasteiger partial charge in [-0.3, -0.25) is 4.98 Å². The Bertz CT molecular complexity index is 844. The molecular weight excluding hydrogens is 242 g/mol.